The number of rotatable bonds is 11. The monoisotopic (exact) mass is 662 g/mol. The van der Waals surface area contributed by atoms with Crippen LogP contribution in [0.25, 0.3) is 11.1 Å². The van der Waals surface area contributed by atoms with Gasteiger partial charge in [-0.3, -0.25) is 4.72 Å². The van der Waals surface area contributed by atoms with E-state index in [-0.39, 0.29) is 30.2 Å². The molecule has 0 spiro atoms. The Labute approximate surface area is 276 Å². The lowest BCUT2D eigenvalue weighted by atomic mass is 9.98. The Morgan fingerprint density at radius 3 is 2.45 bits per heavy atom. The molecule has 0 unspecified atom stereocenters. The van der Waals surface area contributed by atoms with Gasteiger partial charge in [0, 0.05) is 24.2 Å². The summed E-state index contributed by atoms with van der Waals surface area (Å²) in [4.78, 5) is 11.7. The van der Waals surface area contributed by atoms with Crippen molar-refractivity contribution in [3.8, 4) is 28.4 Å². The van der Waals surface area contributed by atoms with Gasteiger partial charge in [0.15, 0.2) is 0 Å². The maximum atomic E-state index is 13.1. The molecule has 47 heavy (non-hydrogen) atoms. The van der Waals surface area contributed by atoms with Gasteiger partial charge in [0.2, 0.25) is 0 Å². The first-order valence-electron chi connectivity index (χ1n) is 15.0. The predicted octanol–water partition coefficient (Wildman–Crippen LogP) is 6.49. The highest BCUT2D eigenvalue weighted by Crippen LogP contribution is 2.34. The van der Waals surface area contributed by atoms with Crippen molar-refractivity contribution in [3.05, 3.63) is 101 Å². The second-order valence-corrected chi connectivity index (χ2v) is 12.9. The first-order chi connectivity index (χ1) is 22.0. The summed E-state index contributed by atoms with van der Waals surface area (Å²) in [6.07, 6.45) is -1.03. The number of carbonyl (C=O) groups is 1. The van der Waals surface area contributed by atoms with Gasteiger partial charge in [-0.25, -0.2) is 13.2 Å². The van der Waals surface area contributed by atoms with E-state index in [1.54, 1.807) is 54.6 Å². The Bertz CT molecular complexity index is 1830. The maximum Gasteiger partial charge on any atom is 0.339 e. The number of sulfonamides is 1. The molecule has 4 bridgehead atoms. The Morgan fingerprint density at radius 2 is 1.74 bits per heavy atom. The van der Waals surface area contributed by atoms with Crippen molar-refractivity contribution in [2.75, 3.05) is 24.5 Å². The molecule has 4 aromatic rings. The molecule has 0 aliphatic carbocycles. The molecule has 1 aliphatic rings. The highest BCUT2D eigenvalue weighted by Gasteiger charge is 2.24. The quantitative estimate of drug-likeness (QED) is 0.133. The summed E-state index contributed by atoms with van der Waals surface area (Å²) in [5, 5.41) is 24.0. The number of hydrogen-bond acceptors (Lipinski definition) is 8. The average Bonchev–Trinajstić information content (AvgIpc) is 3.02. The molecule has 250 valence electrons. The minimum Gasteiger partial charge on any atom is -0.493 e. The molecular formula is C36H42N2O8S. The van der Waals surface area contributed by atoms with Crippen molar-refractivity contribution in [2.45, 2.75) is 58.8 Å². The van der Waals surface area contributed by atoms with Crippen molar-refractivity contribution >= 4 is 21.7 Å². The van der Waals surface area contributed by atoms with Crippen LogP contribution in [-0.4, -0.2) is 50.4 Å². The average molecular weight is 663 g/mol. The van der Waals surface area contributed by atoms with Gasteiger partial charge in [-0.1, -0.05) is 31.7 Å². The lowest BCUT2D eigenvalue weighted by Gasteiger charge is -2.24. The van der Waals surface area contributed by atoms with E-state index in [2.05, 4.69) is 10.0 Å². The largest absolute Gasteiger partial charge is 0.493 e. The van der Waals surface area contributed by atoms with Crippen molar-refractivity contribution in [1.29, 1.82) is 0 Å². The fourth-order valence-corrected chi connectivity index (χ4v) is 6.61. The first kappa shape index (κ1) is 35.3. The van der Waals surface area contributed by atoms with Gasteiger partial charge in [0.1, 0.15) is 36.0 Å². The molecule has 0 saturated carbocycles. The number of fused-ring (bicyclic) bond motifs is 4. The summed E-state index contributed by atoms with van der Waals surface area (Å²) in [5.74, 6) is 0.506. The Hall–Kier alpha value is -4.58. The molecule has 1 heterocycles. The van der Waals surface area contributed by atoms with Crippen LogP contribution < -0.4 is 24.2 Å². The van der Waals surface area contributed by atoms with Gasteiger partial charge < -0.3 is 29.7 Å². The number of aliphatic hydroxyl groups excluding tert-OH is 1. The van der Waals surface area contributed by atoms with Gasteiger partial charge in [0.05, 0.1) is 23.3 Å². The van der Waals surface area contributed by atoms with Crippen molar-refractivity contribution in [2.24, 2.45) is 0 Å². The smallest absolute Gasteiger partial charge is 0.339 e. The summed E-state index contributed by atoms with van der Waals surface area (Å²) in [6.45, 7) is 8.84. The highest BCUT2D eigenvalue weighted by molar-refractivity contribution is 7.92. The molecule has 0 fully saturated rings. The van der Waals surface area contributed by atoms with Crippen LogP contribution in [0.3, 0.4) is 0 Å². The maximum absolute atomic E-state index is 13.1. The van der Waals surface area contributed by atoms with E-state index in [4.69, 9.17) is 14.2 Å². The zero-order valence-electron chi connectivity index (χ0n) is 26.2. The van der Waals surface area contributed by atoms with E-state index in [1.165, 1.54) is 6.07 Å². The fraction of sp³-hybridized carbons (Fsp3) is 0.306. The molecule has 4 N–H and O–H groups in total. The molecular weight excluding hydrogens is 620 g/mol. The van der Waals surface area contributed by atoms with Crippen LogP contribution in [0.5, 0.6) is 17.2 Å². The van der Waals surface area contributed by atoms with Crippen LogP contribution in [0.2, 0.25) is 0 Å². The molecule has 10 nitrogen and oxygen atoms in total. The van der Waals surface area contributed by atoms with Crippen LogP contribution >= 0.6 is 0 Å². The number of ether oxygens (including phenoxy) is 3. The van der Waals surface area contributed by atoms with E-state index in [0.717, 1.165) is 33.6 Å². The number of carboxylic acid groups (broad SMARTS) is 1. The minimum atomic E-state index is -3.88. The summed E-state index contributed by atoms with van der Waals surface area (Å²) in [7, 11) is -3.88. The van der Waals surface area contributed by atoms with Crippen LogP contribution in [0.4, 0.5) is 5.69 Å². The number of nitrogens with one attached hydrogen (secondary N) is 2. The van der Waals surface area contributed by atoms with Crippen molar-refractivity contribution < 1.29 is 37.6 Å². The summed E-state index contributed by atoms with van der Waals surface area (Å²) in [6, 6.07) is 20.1. The lowest BCUT2D eigenvalue weighted by Crippen LogP contribution is -2.35. The number of aryl methyl sites for hydroxylation is 2. The number of anilines is 1. The first-order valence-corrected chi connectivity index (χ1v) is 16.5. The predicted molar refractivity (Wildman–Crippen MR) is 182 cm³/mol. The summed E-state index contributed by atoms with van der Waals surface area (Å²) < 4.78 is 46.4. The third-order valence-electron chi connectivity index (χ3n) is 7.80. The van der Waals surface area contributed by atoms with Crippen LogP contribution in [0.15, 0.2) is 77.7 Å². The molecule has 1 aliphatic heterocycles. The van der Waals surface area contributed by atoms with Gasteiger partial charge in [-0.2, -0.15) is 0 Å². The minimum absolute atomic E-state index is 0. The molecule has 0 saturated heterocycles. The molecule has 0 radical (unpaired) electrons. The van der Waals surface area contributed by atoms with E-state index < -0.39 is 28.1 Å². The Morgan fingerprint density at radius 1 is 1.00 bits per heavy atom. The van der Waals surface area contributed by atoms with Gasteiger partial charge in [-0.05, 0) is 98.0 Å². The van der Waals surface area contributed by atoms with Gasteiger partial charge >= 0.3 is 5.97 Å². The lowest BCUT2D eigenvalue weighted by molar-refractivity contribution is 0.0692. The van der Waals surface area contributed by atoms with Crippen LogP contribution in [-0.2, 0) is 16.6 Å². The Balaban J connectivity index is 0.00000500. The third kappa shape index (κ3) is 8.05. The zero-order chi connectivity index (χ0) is 33.0. The Kier molecular flexibility index (Phi) is 11.2. The second kappa shape index (κ2) is 14.9. The summed E-state index contributed by atoms with van der Waals surface area (Å²) >= 11 is 0. The van der Waals surface area contributed by atoms with Crippen LogP contribution in [0, 0.1) is 13.8 Å². The molecule has 2 atom stereocenters. The third-order valence-corrected chi connectivity index (χ3v) is 9.16. The van der Waals surface area contributed by atoms with E-state index in [9.17, 15) is 23.4 Å². The standard InChI is InChI=1S/C35H38N2O8S.CH4/c1-5-43-32-18-25(9-11-30(32)35(39)40)26-15-21(2)34(22(3)16-26)44-14-13-36-23(4)33(38)29-12-10-27-19-31(29)37-46(41,42)28-8-6-7-24(17-28)20-45-27;/h6-12,15-19,23,33,36-38H,5,13-14,20H2,1-4H3,(H,39,40);1H4/t23-,33-;/m0./s1. The topological polar surface area (TPSA) is 143 Å². The molecule has 0 aromatic heterocycles. The van der Waals surface area contributed by atoms with Crippen LogP contribution in [0.1, 0.15) is 60.0 Å². The zero-order valence-corrected chi connectivity index (χ0v) is 27.0. The SMILES string of the molecule is C.CCOc1cc(-c2cc(C)c(OCCN[C@@H](C)[C@H](O)c3ccc4cc3NS(=O)(=O)c3cccc(c3)CO4)c(C)c2)ccc1C(=O)O. The normalized spacial score (nSPS) is 14.4. The van der Waals surface area contributed by atoms with E-state index in [1.807, 2.05) is 39.8 Å². The van der Waals surface area contributed by atoms with Gasteiger partial charge in [0.25, 0.3) is 10.0 Å². The van der Waals surface area contributed by atoms with Crippen molar-refractivity contribution in [3.63, 3.8) is 0 Å². The molecule has 4 aromatic carbocycles. The van der Waals surface area contributed by atoms with Crippen molar-refractivity contribution in [1.82, 2.24) is 5.32 Å². The number of aliphatic hydroxyl groups is 1. The second-order valence-electron chi connectivity index (χ2n) is 11.2. The fourth-order valence-electron chi connectivity index (χ4n) is 5.46. The highest BCUT2D eigenvalue weighted by atomic mass is 32.2. The number of aromatic carboxylic acids is 1. The number of carboxylic acids is 1. The molecule has 5 rings (SSSR count). The molecule has 11 heteroatoms. The van der Waals surface area contributed by atoms with E-state index in [0.29, 0.717) is 36.8 Å². The molecule has 0 amide bonds. The van der Waals surface area contributed by atoms with E-state index >= 15 is 0 Å². The van der Waals surface area contributed by atoms with Gasteiger partial charge in [-0.15, -0.1) is 0 Å². The number of benzene rings is 4. The number of hydrogen-bond donors (Lipinski definition) is 4. The summed E-state index contributed by atoms with van der Waals surface area (Å²) in [5.41, 5.74) is 5.10.